The molecular formula is C18H21F3N6O2S. The van der Waals surface area contributed by atoms with Gasteiger partial charge in [-0.3, -0.25) is 9.44 Å². The highest BCUT2D eigenvalue weighted by atomic mass is 32.2. The zero-order chi connectivity index (χ0) is 21.7. The summed E-state index contributed by atoms with van der Waals surface area (Å²) < 4.78 is 68.0. The van der Waals surface area contributed by atoms with Crippen molar-refractivity contribution >= 4 is 27.4 Å². The molecule has 0 radical (unpaired) electrons. The predicted molar refractivity (Wildman–Crippen MR) is 108 cm³/mol. The Morgan fingerprint density at radius 1 is 1.10 bits per heavy atom. The summed E-state index contributed by atoms with van der Waals surface area (Å²) in [6.45, 7) is 5.41. The lowest BCUT2D eigenvalue weighted by Gasteiger charge is -2.25. The minimum atomic E-state index is -4.71. The first-order valence-corrected chi connectivity index (χ1v) is 10.9. The zero-order valence-electron chi connectivity index (χ0n) is 16.3. The molecule has 1 fully saturated rings. The van der Waals surface area contributed by atoms with Gasteiger partial charge in [0, 0.05) is 18.2 Å². The van der Waals surface area contributed by atoms with Crippen LogP contribution in [0.2, 0.25) is 0 Å². The van der Waals surface area contributed by atoms with E-state index in [1.165, 1.54) is 6.07 Å². The summed E-state index contributed by atoms with van der Waals surface area (Å²) in [6, 6.07) is 2.27. The van der Waals surface area contributed by atoms with Gasteiger partial charge in [-0.2, -0.15) is 21.6 Å². The Labute approximate surface area is 171 Å². The molecule has 2 aliphatic heterocycles. The van der Waals surface area contributed by atoms with Crippen molar-refractivity contribution in [3.63, 3.8) is 0 Å². The van der Waals surface area contributed by atoms with Gasteiger partial charge in [0.2, 0.25) is 0 Å². The second kappa shape index (κ2) is 7.27. The van der Waals surface area contributed by atoms with Crippen LogP contribution >= 0.6 is 0 Å². The van der Waals surface area contributed by atoms with Gasteiger partial charge < -0.3 is 10.6 Å². The van der Waals surface area contributed by atoms with Gasteiger partial charge >= 0.3 is 16.4 Å². The first-order chi connectivity index (χ1) is 14.1. The summed E-state index contributed by atoms with van der Waals surface area (Å²) in [4.78, 5) is 0. The maximum Gasteiger partial charge on any atom is 0.418 e. The van der Waals surface area contributed by atoms with Crippen LogP contribution in [0.4, 0.5) is 30.4 Å². The van der Waals surface area contributed by atoms with Crippen LogP contribution in [0.3, 0.4) is 0 Å². The van der Waals surface area contributed by atoms with Gasteiger partial charge in [-0.1, -0.05) is 0 Å². The van der Waals surface area contributed by atoms with Crippen LogP contribution in [-0.4, -0.2) is 37.7 Å². The maximum absolute atomic E-state index is 13.3. The Bertz CT molecular complexity index is 1100. The minimum absolute atomic E-state index is 0.182. The van der Waals surface area contributed by atoms with Gasteiger partial charge in [0.1, 0.15) is 0 Å². The van der Waals surface area contributed by atoms with Gasteiger partial charge in [-0.25, -0.2) is 0 Å². The van der Waals surface area contributed by atoms with Crippen molar-refractivity contribution in [3.05, 3.63) is 28.8 Å². The lowest BCUT2D eigenvalue weighted by Crippen LogP contribution is -2.38. The summed E-state index contributed by atoms with van der Waals surface area (Å²) >= 11 is 0. The molecule has 1 atom stereocenters. The molecule has 8 nitrogen and oxygen atoms in total. The molecule has 1 saturated heterocycles. The van der Waals surface area contributed by atoms with E-state index in [4.69, 9.17) is 0 Å². The maximum atomic E-state index is 13.3. The van der Waals surface area contributed by atoms with Gasteiger partial charge in [-0.05, 0) is 56.5 Å². The van der Waals surface area contributed by atoms with Crippen molar-refractivity contribution in [2.24, 2.45) is 0 Å². The fourth-order valence-electron chi connectivity index (χ4n) is 3.71. The van der Waals surface area contributed by atoms with Crippen LogP contribution in [0.5, 0.6) is 0 Å². The third-order valence-corrected chi connectivity index (χ3v) is 6.35. The molecule has 3 heterocycles. The molecule has 1 aromatic carbocycles. The topological polar surface area (TPSA) is 108 Å². The van der Waals surface area contributed by atoms with Gasteiger partial charge in [0.25, 0.3) is 0 Å². The third kappa shape index (κ3) is 3.76. The zero-order valence-corrected chi connectivity index (χ0v) is 17.1. The Hall–Kier alpha value is -2.60. The van der Waals surface area contributed by atoms with E-state index in [0.717, 1.165) is 37.6 Å². The molecule has 4 N–H and O–H groups in total. The molecule has 0 amide bonds. The van der Waals surface area contributed by atoms with E-state index in [1.807, 2.05) is 11.6 Å². The third-order valence-electron chi connectivity index (χ3n) is 5.40. The average Bonchev–Trinajstić information content (AvgIpc) is 3.00. The number of benzene rings is 1. The van der Waals surface area contributed by atoms with E-state index in [-0.39, 0.29) is 17.3 Å². The number of hydrogen-bond acceptors (Lipinski definition) is 6. The standard InChI is InChI=1S/C18H21F3N6O2S/c1-9-10(2)17(23-11-4-3-7-22-8-11)25-24-14(9)12-5-6-13(18(19,20)21)16-15(12)26-30(28,29)27-16/h5-6,11,22,26-27H,3-4,7-8H2,1-2H3,(H,23,25). The quantitative estimate of drug-likeness (QED) is 0.582. The molecule has 2 aliphatic rings. The van der Waals surface area contributed by atoms with Crippen molar-refractivity contribution in [1.29, 1.82) is 0 Å². The molecule has 12 heteroatoms. The summed E-state index contributed by atoms with van der Waals surface area (Å²) in [6.07, 6.45) is -2.67. The van der Waals surface area contributed by atoms with Crippen molar-refractivity contribution in [3.8, 4) is 11.3 Å². The fourth-order valence-corrected chi connectivity index (χ4v) is 4.72. The summed E-state index contributed by atoms with van der Waals surface area (Å²) in [5, 5.41) is 15.1. The van der Waals surface area contributed by atoms with Gasteiger partial charge in [-0.15, -0.1) is 10.2 Å². The molecular weight excluding hydrogens is 421 g/mol. The molecule has 162 valence electrons. The number of piperidine rings is 1. The second-order valence-electron chi connectivity index (χ2n) is 7.45. The largest absolute Gasteiger partial charge is 0.418 e. The second-order valence-corrected chi connectivity index (χ2v) is 8.87. The summed E-state index contributed by atoms with van der Waals surface area (Å²) in [5.41, 5.74) is 0.257. The average molecular weight is 442 g/mol. The monoisotopic (exact) mass is 442 g/mol. The number of rotatable bonds is 3. The molecule has 0 saturated carbocycles. The van der Waals surface area contributed by atoms with Gasteiger partial charge in [0.15, 0.2) is 5.82 Å². The minimum Gasteiger partial charge on any atom is -0.364 e. The van der Waals surface area contributed by atoms with E-state index in [1.54, 1.807) is 6.92 Å². The normalized spacial score (nSPS) is 20.2. The molecule has 1 unspecified atom stereocenters. The fraction of sp³-hybridized carbons (Fsp3) is 0.444. The Kier molecular flexibility index (Phi) is 5.01. The first kappa shape index (κ1) is 20.7. The number of alkyl halides is 3. The summed E-state index contributed by atoms with van der Waals surface area (Å²) in [7, 11) is -4.14. The van der Waals surface area contributed by atoms with Crippen LogP contribution in [0.25, 0.3) is 11.3 Å². The highest BCUT2D eigenvalue weighted by Gasteiger charge is 2.40. The van der Waals surface area contributed by atoms with Gasteiger partial charge in [0.05, 0.1) is 22.6 Å². The van der Waals surface area contributed by atoms with Crippen LogP contribution in [0, 0.1) is 13.8 Å². The van der Waals surface area contributed by atoms with E-state index in [2.05, 4.69) is 25.6 Å². The number of aromatic nitrogens is 2. The molecule has 0 aliphatic carbocycles. The Morgan fingerprint density at radius 2 is 1.83 bits per heavy atom. The SMILES string of the molecule is Cc1c(NC2CCCNC2)nnc(-c2ccc(C(F)(F)F)c3c2NS(=O)(=O)N3)c1C. The van der Waals surface area contributed by atoms with Crippen molar-refractivity contribution < 1.29 is 21.6 Å². The summed E-state index contributed by atoms with van der Waals surface area (Å²) in [5.74, 6) is 0.604. The highest BCUT2D eigenvalue weighted by molar-refractivity contribution is 7.94. The van der Waals surface area contributed by atoms with Crippen LogP contribution in [-0.2, 0) is 16.4 Å². The number of nitrogens with zero attached hydrogens (tertiary/aromatic N) is 2. The van der Waals surface area contributed by atoms with Crippen LogP contribution in [0.15, 0.2) is 12.1 Å². The smallest absolute Gasteiger partial charge is 0.364 e. The number of anilines is 3. The van der Waals surface area contributed by atoms with Crippen molar-refractivity contribution in [1.82, 2.24) is 15.5 Å². The molecule has 0 bridgehead atoms. The van der Waals surface area contributed by atoms with E-state index in [0.29, 0.717) is 17.1 Å². The van der Waals surface area contributed by atoms with E-state index < -0.39 is 27.6 Å². The number of halogens is 3. The molecule has 0 spiro atoms. The number of nitrogens with one attached hydrogen (secondary N) is 4. The van der Waals surface area contributed by atoms with E-state index >= 15 is 0 Å². The number of hydrogen-bond donors (Lipinski definition) is 4. The predicted octanol–water partition coefficient (Wildman–Crippen LogP) is 3.03. The molecule has 30 heavy (non-hydrogen) atoms. The Morgan fingerprint density at radius 3 is 2.50 bits per heavy atom. The Balaban J connectivity index is 1.76. The number of fused-ring (bicyclic) bond motifs is 1. The van der Waals surface area contributed by atoms with Crippen LogP contribution < -0.4 is 20.1 Å². The van der Waals surface area contributed by atoms with Crippen molar-refractivity contribution in [2.75, 3.05) is 27.9 Å². The molecule has 4 rings (SSSR count). The first-order valence-electron chi connectivity index (χ1n) is 9.43. The van der Waals surface area contributed by atoms with Crippen LogP contribution in [0.1, 0.15) is 29.5 Å². The lowest BCUT2D eigenvalue weighted by molar-refractivity contribution is -0.136. The van der Waals surface area contributed by atoms with Crippen molar-refractivity contribution in [2.45, 2.75) is 38.9 Å². The molecule has 2 aromatic rings. The van der Waals surface area contributed by atoms with E-state index in [9.17, 15) is 21.6 Å². The highest BCUT2D eigenvalue weighted by Crippen LogP contribution is 2.47. The molecule has 1 aromatic heterocycles. The lowest BCUT2D eigenvalue weighted by atomic mass is 9.98.